The molecular weight excluding hydrogens is 240 g/mol. The van der Waals surface area contributed by atoms with Gasteiger partial charge < -0.3 is 15.0 Å². The molecule has 0 aliphatic carbocycles. The van der Waals surface area contributed by atoms with Crippen molar-refractivity contribution in [2.45, 2.75) is 38.8 Å². The first-order valence-electron chi connectivity index (χ1n) is 7.33. The predicted octanol–water partition coefficient (Wildman–Crippen LogP) is 1.50. The number of nitrogens with zero attached hydrogens (tertiary/aromatic N) is 3. The topological polar surface area (TPSA) is 42.3 Å². The van der Waals surface area contributed by atoms with Crippen LogP contribution in [0.2, 0.25) is 0 Å². The molecule has 0 aromatic carbocycles. The van der Waals surface area contributed by atoms with E-state index in [1.165, 1.54) is 24.9 Å². The molecule has 0 atom stereocenters. The van der Waals surface area contributed by atoms with Crippen molar-refractivity contribution in [1.29, 1.82) is 0 Å². The molecule has 1 aromatic rings. The molecular formula is C14H26N4O. The summed E-state index contributed by atoms with van der Waals surface area (Å²) in [5.41, 5.74) is 1.24. The minimum atomic E-state index is 0.694. The third-order valence-corrected chi connectivity index (χ3v) is 3.69. The molecule has 108 valence electrons. The molecule has 0 radical (unpaired) electrons. The SMILES string of the molecule is CCCNC1CCN(c2cnn(CCOC)c2)CC1. The number of hydrogen-bond donors (Lipinski definition) is 1. The number of hydrogen-bond acceptors (Lipinski definition) is 4. The number of piperidine rings is 1. The van der Waals surface area contributed by atoms with Crippen LogP contribution in [0.1, 0.15) is 26.2 Å². The first kappa shape index (κ1) is 14.3. The Hall–Kier alpha value is -1.07. The summed E-state index contributed by atoms with van der Waals surface area (Å²) < 4.78 is 7.03. The number of anilines is 1. The quantitative estimate of drug-likeness (QED) is 0.812. The van der Waals surface area contributed by atoms with E-state index in [9.17, 15) is 0 Å². The van der Waals surface area contributed by atoms with E-state index in [1.807, 2.05) is 10.9 Å². The van der Waals surface area contributed by atoms with Crippen LogP contribution >= 0.6 is 0 Å². The number of aromatic nitrogens is 2. The van der Waals surface area contributed by atoms with Crippen molar-refractivity contribution in [1.82, 2.24) is 15.1 Å². The first-order chi connectivity index (χ1) is 9.33. The molecule has 1 N–H and O–H groups in total. The second-order valence-electron chi connectivity index (χ2n) is 5.17. The van der Waals surface area contributed by atoms with E-state index in [1.54, 1.807) is 7.11 Å². The van der Waals surface area contributed by atoms with E-state index in [-0.39, 0.29) is 0 Å². The highest BCUT2D eigenvalue weighted by Crippen LogP contribution is 2.19. The molecule has 0 amide bonds. The van der Waals surface area contributed by atoms with Gasteiger partial charge in [-0.15, -0.1) is 0 Å². The van der Waals surface area contributed by atoms with Gasteiger partial charge in [-0.1, -0.05) is 6.92 Å². The Morgan fingerprint density at radius 2 is 2.21 bits per heavy atom. The average molecular weight is 266 g/mol. The fourth-order valence-corrected chi connectivity index (χ4v) is 2.51. The second-order valence-corrected chi connectivity index (χ2v) is 5.17. The molecule has 2 heterocycles. The van der Waals surface area contributed by atoms with Crippen LogP contribution in [0.4, 0.5) is 5.69 Å². The summed E-state index contributed by atoms with van der Waals surface area (Å²) in [6.07, 6.45) is 7.76. The van der Waals surface area contributed by atoms with Crippen molar-refractivity contribution in [3.8, 4) is 0 Å². The summed E-state index contributed by atoms with van der Waals surface area (Å²) in [6.45, 7) is 7.14. The average Bonchev–Trinajstić information content (AvgIpc) is 2.92. The number of rotatable bonds is 7. The van der Waals surface area contributed by atoms with Gasteiger partial charge in [0.2, 0.25) is 0 Å². The molecule has 5 heteroatoms. The highest BCUT2D eigenvalue weighted by Gasteiger charge is 2.19. The Kier molecular flexibility index (Phi) is 5.66. The maximum atomic E-state index is 5.07. The summed E-state index contributed by atoms with van der Waals surface area (Å²) >= 11 is 0. The fourth-order valence-electron chi connectivity index (χ4n) is 2.51. The molecule has 2 rings (SSSR count). The summed E-state index contributed by atoms with van der Waals surface area (Å²) in [6, 6.07) is 0.694. The van der Waals surface area contributed by atoms with Gasteiger partial charge in [-0.05, 0) is 25.8 Å². The van der Waals surface area contributed by atoms with E-state index < -0.39 is 0 Å². The summed E-state index contributed by atoms with van der Waals surface area (Å²) in [5, 5.41) is 7.99. The highest BCUT2D eigenvalue weighted by molar-refractivity contribution is 5.42. The smallest absolute Gasteiger partial charge is 0.0752 e. The maximum Gasteiger partial charge on any atom is 0.0752 e. The number of methoxy groups -OCH3 is 1. The Bertz CT molecular complexity index is 358. The van der Waals surface area contributed by atoms with Gasteiger partial charge in [-0.3, -0.25) is 4.68 Å². The molecule has 5 nitrogen and oxygen atoms in total. The lowest BCUT2D eigenvalue weighted by Crippen LogP contribution is -2.42. The van der Waals surface area contributed by atoms with Crippen molar-refractivity contribution in [3.05, 3.63) is 12.4 Å². The van der Waals surface area contributed by atoms with E-state index >= 15 is 0 Å². The van der Waals surface area contributed by atoms with Gasteiger partial charge in [0.05, 0.1) is 25.0 Å². The van der Waals surface area contributed by atoms with Crippen LogP contribution in [0.5, 0.6) is 0 Å². The van der Waals surface area contributed by atoms with Gasteiger partial charge in [0, 0.05) is 32.4 Å². The third-order valence-electron chi connectivity index (χ3n) is 3.69. The van der Waals surface area contributed by atoms with Crippen LogP contribution in [0.3, 0.4) is 0 Å². The maximum absolute atomic E-state index is 5.07. The normalized spacial score (nSPS) is 17.1. The third kappa shape index (κ3) is 4.21. The Labute approximate surface area is 115 Å². The van der Waals surface area contributed by atoms with Crippen LogP contribution in [-0.2, 0) is 11.3 Å². The zero-order valence-electron chi connectivity index (χ0n) is 12.1. The van der Waals surface area contributed by atoms with Gasteiger partial charge >= 0.3 is 0 Å². The lowest BCUT2D eigenvalue weighted by Gasteiger charge is -2.33. The van der Waals surface area contributed by atoms with Crippen LogP contribution < -0.4 is 10.2 Å². The van der Waals surface area contributed by atoms with Crippen LogP contribution in [0, 0.1) is 0 Å². The van der Waals surface area contributed by atoms with Crippen molar-refractivity contribution >= 4 is 5.69 Å². The molecule has 19 heavy (non-hydrogen) atoms. The lowest BCUT2D eigenvalue weighted by molar-refractivity contribution is 0.183. The predicted molar refractivity (Wildman–Crippen MR) is 77.6 cm³/mol. The lowest BCUT2D eigenvalue weighted by atomic mass is 10.0. The Morgan fingerprint density at radius 1 is 1.42 bits per heavy atom. The number of nitrogens with one attached hydrogen (secondary N) is 1. The molecule has 1 aromatic heterocycles. The minimum Gasteiger partial charge on any atom is -0.383 e. The van der Waals surface area contributed by atoms with Crippen LogP contribution in [0.25, 0.3) is 0 Å². The highest BCUT2D eigenvalue weighted by atomic mass is 16.5. The standard InChI is InChI=1S/C14H26N4O/c1-3-6-15-13-4-7-17(8-5-13)14-11-16-18(12-14)9-10-19-2/h11-13,15H,3-10H2,1-2H3. The molecule has 0 bridgehead atoms. The fraction of sp³-hybridized carbons (Fsp3) is 0.786. The molecule has 1 aliphatic heterocycles. The van der Waals surface area contributed by atoms with Crippen molar-refractivity contribution in [3.63, 3.8) is 0 Å². The van der Waals surface area contributed by atoms with E-state index in [0.29, 0.717) is 12.6 Å². The van der Waals surface area contributed by atoms with Gasteiger partial charge in [0.25, 0.3) is 0 Å². The second kappa shape index (κ2) is 7.50. The zero-order chi connectivity index (χ0) is 13.5. The van der Waals surface area contributed by atoms with E-state index in [2.05, 4.69) is 28.4 Å². The molecule has 1 saturated heterocycles. The van der Waals surface area contributed by atoms with Gasteiger partial charge in [-0.2, -0.15) is 5.10 Å². The van der Waals surface area contributed by atoms with E-state index in [4.69, 9.17) is 4.74 Å². The Morgan fingerprint density at radius 3 is 2.89 bits per heavy atom. The van der Waals surface area contributed by atoms with Crippen molar-refractivity contribution in [2.24, 2.45) is 0 Å². The molecule has 1 fully saturated rings. The van der Waals surface area contributed by atoms with Crippen molar-refractivity contribution in [2.75, 3.05) is 38.3 Å². The molecule has 0 unspecified atom stereocenters. The zero-order valence-corrected chi connectivity index (χ0v) is 12.1. The summed E-state index contributed by atoms with van der Waals surface area (Å²) in [5.74, 6) is 0. The van der Waals surface area contributed by atoms with Gasteiger partial charge in [-0.25, -0.2) is 0 Å². The number of ether oxygens (including phenoxy) is 1. The summed E-state index contributed by atoms with van der Waals surface area (Å²) in [4.78, 5) is 2.43. The molecule has 1 aliphatic rings. The van der Waals surface area contributed by atoms with Gasteiger partial charge in [0.15, 0.2) is 0 Å². The Balaban J connectivity index is 1.78. The summed E-state index contributed by atoms with van der Waals surface area (Å²) in [7, 11) is 1.72. The van der Waals surface area contributed by atoms with Crippen molar-refractivity contribution < 1.29 is 4.74 Å². The minimum absolute atomic E-state index is 0.694. The van der Waals surface area contributed by atoms with Gasteiger partial charge in [0.1, 0.15) is 0 Å². The van der Waals surface area contributed by atoms with Crippen LogP contribution in [0.15, 0.2) is 12.4 Å². The monoisotopic (exact) mass is 266 g/mol. The van der Waals surface area contributed by atoms with Crippen LogP contribution in [-0.4, -0.2) is 49.2 Å². The first-order valence-corrected chi connectivity index (χ1v) is 7.33. The largest absolute Gasteiger partial charge is 0.383 e. The molecule has 0 spiro atoms. The molecule has 0 saturated carbocycles. The van der Waals surface area contributed by atoms with E-state index in [0.717, 1.165) is 26.2 Å².